The lowest BCUT2D eigenvalue weighted by Crippen LogP contribution is -2.57. The Bertz CT molecular complexity index is 1180. The second-order valence-corrected chi connectivity index (χ2v) is 10.8. The summed E-state index contributed by atoms with van der Waals surface area (Å²) in [4.78, 5) is 59.0. The summed E-state index contributed by atoms with van der Waals surface area (Å²) in [6.45, 7) is 3.05. The highest BCUT2D eigenvalue weighted by Gasteiger charge is 2.37. The number of nitrogens with zero attached hydrogens (tertiary/aromatic N) is 3. The van der Waals surface area contributed by atoms with Crippen LogP contribution < -0.4 is 16.0 Å². The van der Waals surface area contributed by atoms with Crippen molar-refractivity contribution in [1.29, 1.82) is 0 Å². The molecule has 0 unspecified atom stereocenters. The van der Waals surface area contributed by atoms with Gasteiger partial charge in [-0.3, -0.25) is 24.1 Å². The SMILES string of the molecule is CN(C)C(=O)[C@H]1CC[C@H](NC(=O)C(=O)Nc2ccc(Cl)cn2)[C@H](NC(=O)c2ccc(CN3CCCC3)cc2)C1. The Balaban J connectivity index is 1.41. The second kappa shape index (κ2) is 13.0. The van der Waals surface area contributed by atoms with Gasteiger partial charge in [-0.25, -0.2) is 4.98 Å². The second-order valence-electron chi connectivity index (χ2n) is 10.4. The first kappa shape index (κ1) is 28.5. The highest BCUT2D eigenvalue weighted by Crippen LogP contribution is 2.27. The maximum Gasteiger partial charge on any atom is 0.314 e. The molecule has 10 nitrogen and oxygen atoms in total. The molecule has 1 aromatic carbocycles. The van der Waals surface area contributed by atoms with E-state index in [0.717, 1.165) is 25.2 Å². The molecule has 11 heteroatoms. The summed E-state index contributed by atoms with van der Waals surface area (Å²) in [5, 5.41) is 8.60. The third kappa shape index (κ3) is 7.77. The molecule has 2 aromatic rings. The number of amides is 4. The average Bonchev–Trinajstić information content (AvgIpc) is 3.43. The van der Waals surface area contributed by atoms with E-state index in [1.807, 2.05) is 12.1 Å². The number of nitrogens with one attached hydrogen (secondary N) is 3. The lowest BCUT2D eigenvalue weighted by molar-refractivity contribution is -0.137. The number of hydrogen-bond donors (Lipinski definition) is 3. The molecule has 1 saturated heterocycles. The number of anilines is 1. The summed E-state index contributed by atoms with van der Waals surface area (Å²) in [7, 11) is 3.39. The predicted octanol–water partition coefficient (Wildman–Crippen LogP) is 2.44. The molecule has 1 aliphatic heterocycles. The minimum absolute atomic E-state index is 0.0307. The molecule has 3 atom stereocenters. The van der Waals surface area contributed by atoms with Crippen molar-refractivity contribution in [2.24, 2.45) is 5.92 Å². The molecule has 208 valence electrons. The van der Waals surface area contributed by atoms with Gasteiger partial charge in [0.1, 0.15) is 5.82 Å². The molecule has 39 heavy (non-hydrogen) atoms. The fraction of sp³-hybridized carbons (Fsp3) is 0.464. The molecular formula is C28H35ClN6O4. The molecule has 2 aliphatic rings. The van der Waals surface area contributed by atoms with Crippen molar-refractivity contribution in [3.8, 4) is 0 Å². The number of benzene rings is 1. The maximum absolute atomic E-state index is 13.2. The van der Waals surface area contributed by atoms with Crippen molar-refractivity contribution in [1.82, 2.24) is 25.4 Å². The van der Waals surface area contributed by atoms with Crippen LogP contribution in [0.5, 0.6) is 0 Å². The largest absolute Gasteiger partial charge is 0.349 e. The van der Waals surface area contributed by atoms with Crippen molar-refractivity contribution in [2.45, 2.75) is 50.7 Å². The number of aromatic nitrogens is 1. The highest BCUT2D eigenvalue weighted by molar-refractivity contribution is 6.39. The van der Waals surface area contributed by atoms with E-state index in [2.05, 4.69) is 25.8 Å². The van der Waals surface area contributed by atoms with Crippen molar-refractivity contribution in [3.63, 3.8) is 0 Å². The molecule has 1 aliphatic carbocycles. The molecule has 0 radical (unpaired) electrons. The summed E-state index contributed by atoms with van der Waals surface area (Å²) < 4.78 is 0. The van der Waals surface area contributed by atoms with Crippen LogP contribution in [-0.2, 0) is 20.9 Å². The Kier molecular flexibility index (Phi) is 9.53. The van der Waals surface area contributed by atoms with E-state index in [0.29, 0.717) is 29.8 Å². The maximum atomic E-state index is 13.2. The molecule has 2 heterocycles. The van der Waals surface area contributed by atoms with Gasteiger partial charge in [0.25, 0.3) is 5.91 Å². The van der Waals surface area contributed by atoms with Gasteiger partial charge >= 0.3 is 11.8 Å². The highest BCUT2D eigenvalue weighted by atomic mass is 35.5. The van der Waals surface area contributed by atoms with E-state index >= 15 is 0 Å². The van der Waals surface area contributed by atoms with E-state index in [-0.39, 0.29) is 23.6 Å². The quantitative estimate of drug-likeness (QED) is 0.452. The number of rotatable bonds is 7. The molecule has 0 bridgehead atoms. The van der Waals surface area contributed by atoms with Crippen LogP contribution in [0.4, 0.5) is 5.82 Å². The van der Waals surface area contributed by atoms with E-state index < -0.39 is 23.9 Å². The van der Waals surface area contributed by atoms with Crippen molar-refractivity contribution >= 4 is 41.0 Å². The normalized spacial score (nSPS) is 21.2. The molecule has 0 spiro atoms. The van der Waals surface area contributed by atoms with Gasteiger partial charge in [0.15, 0.2) is 0 Å². The number of likely N-dealkylation sites (tertiary alicyclic amines) is 1. The van der Waals surface area contributed by atoms with Crippen molar-refractivity contribution in [3.05, 3.63) is 58.7 Å². The Labute approximate surface area is 233 Å². The lowest BCUT2D eigenvalue weighted by atomic mass is 9.81. The van der Waals surface area contributed by atoms with Gasteiger partial charge in [-0.05, 0) is 75.0 Å². The van der Waals surface area contributed by atoms with Crippen molar-refractivity contribution in [2.75, 3.05) is 32.5 Å². The Hall–Kier alpha value is -3.50. The molecule has 1 saturated carbocycles. The molecular weight excluding hydrogens is 520 g/mol. The van der Waals surface area contributed by atoms with Crippen LogP contribution in [0.3, 0.4) is 0 Å². The van der Waals surface area contributed by atoms with Gasteiger partial charge in [-0.15, -0.1) is 0 Å². The summed E-state index contributed by atoms with van der Waals surface area (Å²) in [6.07, 6.45) is 5.11. The van der Waals surface area contributed by atoms with Gasteiger partial charge < -0.3 is 20.9 Å². The first-order valence-corrected chi connectivity index (χ1v) is 13.6. The summed E-state index contributed by atoms with van der Waals surface area (Å²) in [5.41, 5.74) is 1.65. The van der Waals surface area contributed by atoms with Crippen molar-refractivity contribution < 1.29 is 19.2 Å². The Morgan fingerprint density at radius 2 is 1.67 bits per heavy atom. The van der Waals surface area contributed by atoms with Gasteiger partial charge in [0.2, 0.25) is 5.91 Å². The molecule has 4 amide bonds. The number of halogens is 1. The van der Waals surface area contributed by atoms with Gasteiger partial charge in [0.05, 0.1) is 11.1 Å². The van der Waals surface area contributed by atoms with Crippen LogP contribution in [0.15, 0.2) is 42.6 Å². The summed E-state index contributed by atoms with van der Waals surface area (Å²) in [6, 6.07) is 9.50. The van der Waals surface area contributed by atoms with Crippen LogP contribution in [0, 0.1) is 5.92 Å². The van der Waals surface area contributed by atoms with Gasteiger partial charge in [-0.1, -0.05) is 23.7 Å². The van der Waals surface area contributed by atoms with E-state index in [4.69, 9.17) is 11.6 Å². The van der Waals surface area contributed by atoms with Crippen LogP contribution in [-0.4, -0.2) is 77.7 Å². The zero-order chi connectivity index (χ0) is 27.9. The molecule has 4 rings (SSSR count). The summed E-state index contributed by atoms with van der Waals surface area (Å²) >= 11 is 5.82. The van der Waals surface area contributed by atoms with Crippen LogP contribution >= 0.6 is 11.6 Å². The summed E-state index contributed by atoms with van der Waals surface area (Å²) in [5.74, 6) is -2.16. The fourth-order valence-corrected chi connectivity index (χ4v) is 5.27. The first-order valence-electron chi connectivity index (χ1n) is 13.3. The predicted molar refractivity (Wildman–Crippen MR) is 148 cm³/mol. The van der Waals surface area contributed by atoms with Crippen LogP contribution in [0.1, 0.15) is 48.0 Å². The number of carbonyl (C=O) groups excluding carboxylic acids is 4. The minimum atomic E-state index is -0.880. The van der Waals surface area contributed by atoms with Crippen LogP contribution in [0.25, 0.3) is 0 Å². The van der Waals surface area contributed by atoms with Gasteiger partial charge in [0, 0.05) is 44.4 Å². The zero-order valence-electron chi connectivity index (χ0n) is 22.3. The van der Waals surface area contributed by atoms with E-state index in [1.165, 1.54) is 30.0 Å². The first-order chi connectivity index (χ1) is 18.7. The number of hydrogen-bond acceptors (Lipinski definition) is 6. The zero-order valence-corrected chi connectivity index (χ0v) is 23.0. The molecule has 2 fully saturated rings. The third-order valence-corrected chi connectivity index (χ3v) is 7.49. The van der Waals surface area contributed by atoms with E-state index in [9.17, 15) is 19.2 Å². The third-order valence-electron chi connectivity index (χ3n) is 7.27. The number of pyridine rings is 1. The monoisotopic (exact) mass is 554 g/mol. The Morgan fingerprint density at radius 3 is 2.31 bits per heavy atom. The number of carbonyl (C=O) groups is 4. The van der Waals surface area contributed by atoms with Gasteiger partial charge in [-0.2, -0.15) is 0 Å². The van der Waals surface area contributed by atoms with E-state index in [1.54, 1.807) is 32.3 Å². The molecule has 1 aromatic heterocycles. The smallest absolute Gasteiger partial charge is 0.314 e. The lowest BCUT2D eigenvalue weighted by Gasteiger charge is -2.37. The Morgan fingerprint density at radius 1 is 0.949 bits per heavy atom. The van der Waals surface area contributed by atoms with Crippen LogP contribution in [0.2, 0.25) is 5.02 Å². The fourth-order valence-electron chi connectivity index (χ4n) is 5.16. The topological polar surface area (TPSA) is 124 Å². The standard InChI is InChI=1S/C28H35ClN6O4/c1-34(2)28(39)20-9-11-22(31-26(37)27(38)33-24-12-10-21(29)16-30-24)23(15-20)32-25(36)19-7-5-18(6-8-19)17-35-13-3-4-14-35/h5-8,10,12,16,20,22-23H,3-4,9,11,13-15,17H2,1-2H3,(H,31,37)(H,32,36)(H,30,33,38)/t20-,22-,23+/m0/s1. The minimum Gasteiger partial charge on any atom is -0.349 e. The molecule has 3 N–H and O–H groups in total. The average molecular weight is 555 g/mol.